The summed E-state index contributed by atoms with van der Waals surface area (Å²) in [6.07, 6.45) is 25.2. The van der Waals surface area contributed by atoms with Crippen molar-refractivity contribution in [2.45, 2.75) is 360 Å². The quantitative estimate of drug-likeness (QED) is 0.0427. The molecule has 73 heavy (non-hydrogen) atoms. The Kier molecular flexibility index (Phi) is 51.5. The van der Waals surface area contributed by atoms with Gasteiger partial charge in [-0.15, -0.1) is 6.58 Å². The smallest absolute Gasteiger partial charge is 0.0572 e. The van der Waals surface area contributed by atoms with E-state index < -0.39 is 128 Å². The van der Waals surface area contributed by atoms with Crippen LogP contribution in [0, 0.1) is 11.8 Å². The van der Waals surface area contributed by atoms with Crippen LogP contribution in [0.5, 0.6) is 0 Å². The molecule has 0 heteroatoms. The maximum atomic E-state index is 8.04. The number of hydrogen-bond acceptors (Lipinski definition) is 0. The van der Waals surface area contributed by atoms with Gasteiger partial charge in [0.25, 0.3) is 0 Å². The van der Waals surface area contributed by atoms with Crippen molar-refractivity contribution in [3.63, 3.8) is 0 Å². The minimum Gasteiger partial charge on any atom is -0.103 e. The summed E-state index contributed by atoms with van der Waals surface area (Å²) in [5.74, 6) is -0.0535. The summed E-state index contributed by atoms with van der Waals surface area (Å²) in [5.41, 5.74) is 0. The molecule has 0 saturated carbocycles. The number of hydrogen-bond donors (Lipinski definition) is 0. The van der Waals surface area contributed by atoms with Gasteiger partial charge in [0.2, 0.25) is 0 Å². The molecule has 0 amide bonds. The molecule has 0 spiro atoms. The molecule has 0 aromatic heterocycles. The van der Waals surface area contributed by atoms with Crippen molar-refractivity contribution < 1.29 is 41.1 Å². The third-order valence-electron chi connectivity index (χ3n) is 9.20. The van der Waals surface area contributed by atoms with E-state index in [9.17, 15) is 0 Å². The first-order valence-corrected chi connectivity index (χ1v) is 27.7. The Morgan fingerprint density at radius 2 is 0.822 bits per heavy atom. The molecular weight excluding hydrogens is 877 g/mol. The number of rotatable bonds is 38. The Hall–Kier alpha value is -2.08. The summed E-state index contributed by atoms with van der Waals surface area (Å²) in [5, 5.41) is 0. The normalized spacial score (nSPS) is 28.1. The lowest BCUT2D eigenvalue weighted by Gasteiger charge is -2.18. The molecule has 1 aliphatic carbocycles. The zero-order valence-electron chi connectivity index (χ0n) is 79.0. The standard InChI is InChI=1S/C13H26.3C10H20.3C8H16.C6H10/c1-5-7-8-9-11-13(4)12(3)10-6-2;3*1-3-5-7-9-10-8-6-4-2;3*1-3-5-7-8-6-4-2;1-2-4-6-5-3-1/h7-8,12-13H,5-6,9-11H2,1-4H3;9-10H,3-8H2,1-2H3;2*5,7H,3-4,6,8-10H2,1-2H3;2*5,7H,3-4,6,8H2,1-2H3;3H,1,4-8H2,2H3;1-2H,3-6H2/b8-7+;10-9+;4*7-5+;;/i6D,9D,10D,11D;1D,3D,5D,7D;2D,4D,6D,8D,9D,10D;1D,3D;2D,4D,6D,8D;1D,3D;2D,4D,5D,6D,7D,8D;1D,2D. The average Bonchev–Trinajstić information content (AvgIpc) is 0.888. The maximum Gasteiger partial charge on any atom is 0.0572 e. The molecule has 0 radical (unpaired) electrons. The molecule has 0 bridgehead atoms. The second kappa shape index (κ2) is 95.7. The van der Waals surface area contributed by atoms with Gasteiger partial charge in [0.1, 0.15) is 0 Å². The highest BCUT2D eigenvalue weighted by molar-refractivity contribution is 4.86. The molecule has 1 rings (SSSR count). The van der Waals surface area contributed by atoms with E-state index in [1.807, 2.05) is 77.2 Å². The molecular formula is C73H144. The van der Waals surface area contributed by atoms with Crippen molar-refractivity contribution in [2.75, 3.05) is 0 Å². The van der Waals surface area contributed by atoms with Crippen LogP contribution in [0.15, 0.2) is 97.7 Å². The fourth-order valence-corrected chi connectivity index (χ4v) is 4.88. The van der Waals surface area contributed by atoms with Crippen molar-refractivity contribution in [1.29, 1.82) is 0 Å². The Balaban J connectivity index is -0.000000206. The van der Waals surface area contributed by atoms with Crippen molar-refractivity contribution in [3.05, 3.63) is 97.7 Å². The SMILES string of the molecule is [2H]C(C)C([2H])C(C)C(C)C([2H])C([2H])/C=C/CC.[2H]C1=C([2H])CCCC1.[2H]CC([2H])/C=C/CCCC.[2H]CC([2H])/C=C/CCCCCC.[2H]CC([2H])C([2H])C([2H])/C=C/CC.[2H]CC([2H])C([2H])C([2H])/C=C/CCCC.[2H]CC([2H])C([2H])C([2H])C([2H])C([2H])/C=C/CC.[2H]CC([2H])C([2H])C([2H])C([2H])C([2H])C=C. The summed E-state index contributed by atoms with van der Waals surface area (Å²) in [7, 11) is 0. The fourth-order valence-electron chi connectivity index (χ4n) is 4.88. The van der Waals surface area contributed by atoms with Crippen LogP contribution in [0.2, 0.25) is 0 Å². The Labute approximate surface area is 510 Å². The molecule has 0 aromatic rings. The lowest BCUT2D eigenvalue weighted by atomic mass is 9.88. The molecule has 24 atom stereocenters. The Bertz CT molecular complexity index is 2040. The third-order valence-corrected chi connectivity index (χ3v) is 9.20. The van der Waals surface area contributed by atoms with Gasteiger partial charge in [-0.1, -0.05) is 317 Å². The second-order valence-electron chi connectivity index (χ2n) is 16.1. The first-order valence-electron chi connectivity index (χ1n) is 45.7. The molecule has 0 N–H and O–H groups in total. The van der Waals surface area contributed by atoms with Crippen LogP contribution in [-0.4, -0.2) is 0 Å². The molecule has 1 aliphatic rings. The van der Waals surface area contributed by atoms with Crippen LogP contribution in [0.25, 0.3) is 0 Å². The van der Waals surface area contributed by atoms with Crippen LogP contribution in [0.4, 0.5) is 0 Å². The number of allylic oxidation sites excluding steroid dienone is 15. The van der Waals surface area contributed by atoms with Crippen LogP contribution in [-0.2, 0) is 0 Å². The molecule has 0 aromatic carbocycles. The van der Waals surface area contributed by atoms with E-state index in [2.05, 4.69) is 27.4 Å². The van der Waals surface area contributed by atoms with Crippen molar-refractivity contribution in [1.82, 2.24) is 0 Å². The molecule has 0 heterocycles. The van der Waals surface area contributed by atoms with E-state index in [4.69, 9.17) is 41.1 Å². The van der Waals surface area contributed by atoms with E-state index in [0.29, 0.717) is 12.1 Å². The van der Waals surface area contributed by atoms with Crippen molar-refractivity contribution in [2.24, 2.45) is 11.8 Å². The van der Waals surface area contributed by atoms with E-state index in [0.717, 1.165) is 77.0 Å². The van der Waals surface area contributed by atoms with Crippen LogP contribution in [0.1, 0.15) is 401 Å². The Morgan fingerprint density at radius 3 is 1.25 bits per heavy atom. The predicted octanol–water partition coefficient (Wildman–Crippen LogP) is 28.1. The Morgan fingerprint density at radius 1 is 0.411 bits per heavy atom. The molecule has 436 valence electrons. The summed E-state index contributed by atoms with van der Waals surface area (Å²) >= 11 is 0. The third kappa shape index (κ3) is 115. The fraction of sp³-hybridized carbons (Fsp3) is 0.781. The summed E-state index contributed by atoms with van der Waals surface area (Å²) in [6.45, 7) is 21.0. The molecule has 0 nitrogen and oxygen atoms in total. The van der Waals surface area contributed by atoms with Gasteiger partial charge < -0.3 is 0 Å². The summed E-state index contributed by atoms with van der Waals surface area (Å²) < 4.78 is 221. The largest absolute Gasteiger partial charge is 0.103 e. The minimum atomic E-state index is -1.12. The zero-order valence-corrected chi connectivity index (χ0v) is 49.0. The maximum absolute atomic E-state index is 8.04. The van der Waals surface area contributed by atoms with Crippen molar-refractivity contribution >= 4 is 0 Å². The topological polar surface area (TPSA) is 0 Å². The average molecular weight is 1050 g/mol. The first-order chi connectivity index (χ1) is 48.4. The van der Waals surface area contributed by atoms with Gasteiger partial charge in [0, 0.05) is 38.4 Å². The van der Waals surface area contributed by atoms with Gasteiger partial charge in [0.05, 0.1) is 2.74 Å². The number of unbranched alkanes of at least 4 members (excludes halogenated alkanes) is 8. The van der Waals surface area contributed by atoms with Gasteiger partial charge in [-0.25, -0.2) is 0 Å². The predicted molar refractivity (Wildman–Crippen MR) is 351 cm³/mol. The van der Waals surface area contributed by atoms with Crippen LogP contribution < -0.4 is 0 Å². The van der Waals surface area contributed by atoms with E-state index in [-0.39, 0.29) is 66.0 Å². The molecule has 24 unspecified atom stereocenters. The minimum absolute atomic E-state index is 0.0205. The van der Waals surface area contributed by atoms with Gasteiger partial charge in [-0.3, -0.25) is 0 Å². The second-order valence-corrected chi connectivity index (χ2v) is 16.1. The molecule has 0 fully saturated rings. The van der Waals surface area contributed by atoms with Crippen LogP contribution in [0.3, 0.4) is 0 Å². The summed E-state index contributed by atoms with van der Waals surface area (Å²) in [4.78, 5) is 0. The lowest BCUT2D eigenvalue weighted by molar-refractivity contribution is 0.343. The molecule has 0 saturated heterocycles. The first kappa shape index (κ1) is 39.3. The monoisotopic (exact) mass is 1050 g/mol. The van der Waals surface area contributed by atoms with Crippen LogP contribution >= 0.6 is 0 Å². The van der Waals surface area contributed by atoms with Gasteiger partial charge in [-0.2, -0.15) is 0 Å². The van der Waals surface area contributed by atoms with E-state index in [1.165, 1.54) is 44.6 Å². The summed E-state index contributed by atoms with van der Waals surface area (Å²) in [6, 6.07) is 1.10. The van der Waals surface area contributed by atoms with Crippen molar-refractivity contribution in [3.8, 4) is 0 Å². The molecule has 0 aliphatic heterocycles. The highest BCUT2D eigenvalue weighted by Gasteiger charge is 2.09. The lowest BCUT2D eigenvalue weighted by Crippen LogP contribution is -2.06. The van der Waals surface area contributed by atoms with E-state index in [1.54, 1.807) is 37.3 Å². The van der Waals surface area contributed by atoms with Gasteiger partial charge in [-0.05, 0) is 146 Å². The zero-order chi connectivity index (χ0) is 81.2. The highest BCUT2D eigenvalue weighted by Crippen LogP contribution is 2.21. The van der Waals surface area contributed by atoms with Gasteiger partial charge in [0.15, 0.2) is 0 Å². The van der Waals surface area contributed by atoms with Gasteiger partial charge >= 0.3 is 0 Å². The van der Waals surface area contributed by atoms with E-state index >= 15 is 0 Å². The highest BCUT2D eigenvalue weighted by atomic mass is 14.1.